The molecule has 0 aliphatic carbocycles. The number of halogens is 1. The Kier molecular flexibility index (Phi) is 4.68. The van der Waals surface area contributed by atoms with Crippen molar-refractivity contribution in [2.45, 2.75) is 0 Å². The lowest BCUT2D eigenvalue weighted by atomic mass is 10.1. The number of carbonyl (C=O) groups is 1. The molecule has 0 saturated heterocycles. The second kappa shape index (κ2) is 6.69. The maximum absolute atomic E-state index is 13.1. The lowest BCUT2D eigenvalue weighted by molar-refractivity contribution is -0.385. The normalized spacial score (nSPS) is 10.1. The number of rotatable bonds is 5. The third-order valence-corrected chi connectivity index (χ3v) is 2.92. The second-order valence-corrected chi connectivity index (χ2v) is 4.40. The first kappa shape index (κ1) is 16.8. The van der Waals surface area contributed by atoms with Gasteiger partial charge in [0.1, 0.15) is 17.1 Å². The molecule has 0 saturated carbocycles. The molecule has 2 aromatic rings. The van der Waals surface area contributed by atoms with Crippen LogP contribution < -0.4 is 4.74 Å². The van der Waals surface area contributed by atoms with Crippen LogP contribution in [-0.4, -0.2) is 22.9 Å². The lowest BCUT2D eigenvalue weighted by Gasteiger charge is -2.08. The molecule has 10 heteroatoms. The third-order valence-electron chi connectivity index (χ3n) is 2.92. The summed E-state index contributed by atoms with van der Waals surface area (Å²) in [4.78, 5) is 31.8. The quantitative estimate of drug-likeness (QED) is 0.466. The van der Waals surface area contributed by atoms with E-state index in [4.69, 9.17) is 4.74 Å². The van der Waals surface area contributed by atoms with E-state index in [0.29, 0.717) is 6.07 Å². The smallest absolute Gasteiger partial charge is 0.345 e. The fraction of sp³-hybridized carbons (Fsp3) is 0.0714. The molecule has 0 N–H and O–H groups in total. The highest BCUT2D eigenvalue weighted by molar-refractivity contribution is 5.94. The Hall–Kier alpha value is -3.56. The number of esters is 1. The van der Waals surface area contributed by atoms with Crippen LogP contribution in [0.2, 0.25) is 0 Å². The molecule has 9 nitrogen and oxygen atoms in total. The summed E-state index contributed by atoms with van der Waals surface area (Å²) in [6.07, 6.45) is 0. The highest BCUT2D eigenvalue weighted by Gasteiger charge is 2.23. The van der Waals surface area contributed by atoms with Gasteiger partial charge in [-0.05, 0) is 18.2 Å². The van der Waals surface area contributed by atoms with Crippen molar-refractivity contribution < 1.29 is 28.5 Å². The molecule has 2 rings (SSSR count). The van der Waals surface area contributed by atoms with Crippen LogP contribution in [0.25, 0.3) is 0 Å². The van der Waals surface area contributed by atoms with Gasteiger partial charge in [-0.2, -0.15) is 0 Å². The summed E-state index contributed by atoms with van der Waals surface area (Å²) in [6.45, 7) is 0. The number of carbonyl (C=O) groups excluding carboxylic acids is 1. The van der Waals surface area contributed by atoms with E-state index in [-0.39, 0.29) is 17.1 Å². The average molecular weight is 336 g/mol. The molecule has 0 heterocycles. The molecule has 0 bridgehead atoms. The number of nitrogens with zero attached hydrogens (tertiary/aromatic N) is 2. The van der Waals surface area contributed by atoms with Gasteiger partial charge in [-0.3, -0.25) is 20.2 Å². The lowest BCUT2D eigenvalue weighted by Crippen LogP contribution is -2.06. The predicted octanol–water partition coefficient (Wildman–Crippen LogP) is 3.22. The number of nitro groups is 2. The van der Waals surface area contributed by atoms with E-state index in [1.807, 2.05) is 0 Å². The topological polar surface area (TPSA) is 122 Å². The Morgan fingerprint density at radius 1 is 1.04 bits per heavy atom. The SMILES string of the molecule is COC(=O)c1cc(Oc2ccc(F)cc2[N+](=O)[O-])ccc1[N+](=O)[O-]. The predicted molar refractivity (Wildman–Crippen MR) is 77.6 cm³/mol. The minimum absolute atomic E-state index is 0.0873. The van der Waals surface area contributed by atoms with Gasteiger partial charge < -0.3 is 9.47 Å². The fourth-order valence-corrected chi connectivity index (χ4v) is 1.86. The Morgan fingerprint density at radius 3 is 2.29 bits per heavy atom. The number of nitro benzene ring substituents is 2. The number of hydrogen-bond acceptors (Lipinski definition) is 7. The van der Waals surface area contributed by atoms with E-state index in [1.165, 1.54) is 0 Å². The summed E-state index contributed by atoms with van der Waals surface area (Å²) in [6, 6.07) is 5.81. The second-order valence-electron chi connectivity index (χ2n) is 4.40. The van der Waals surface area contributed by atoms with Gasteiger partial charge >= 0.3 is 11.7 Å². The number of ether oxygens (including phenoxy) is 2. The fourth-order valence-electron chi connectivity index (χ4n) is 1.86. The molecule has 0 spiro atoms. The third kappa shape index (κ3) is 3.43. The summed E-state index contributed by atoms with van der Waals surface area (Å²) in [5, 5.41) is 21.8. The zero-order valence-electron chi connectivity index (χ0n) is 12.1. The zero-order valence-corrected chi connectivity index (χ0v) is 12.1. The van der Waals surface area contributed by atoms with Gasteiger partial charge in [0.25, 0.3) is 5.69 Å². The van der Waals surface area contributed by atoms with Crippen LogP contribution in [0.5, 0.6) is 11.5 Å². The average Bonchev–Trinajstić information content (AvgIpc) is 2.55. The van der Waals surface area contributed by atoms with E-state index in [0.717, 1.165) is 37.4 Å². The molecular weight excluding hydrogens is 327 g/mol. The number of hydrogen-bond donors (Lipinski definition) is 0. The van der Waals surface area contributed by atoms with Crippen LogP contribution in [0.15, 0.2) is 36.4 Å². The van der Waals surface area contributed by atoms with Gasteiger partial charge in [0.15, 0.2) is 0 Å². The number of methoxy groups -OCH3 is 1. The molecule has 0 fully saturated rings. The van der Waals surface area contributed by atoms with Crippen molar-refractivity contribution in [2.24, 2.45) is 0 Å². The van der Waals surface area contributed by atoms with Crippen molar-refractivity contribution in [3.05, 3.63) is 68.0 Å². The standard InChI is InChI=1S/C14H9FN2O7/c1-23-14(18)10-7-9(3-4-11(10)16(19)20)24-13-5-2-8(15)6-12(13)17(21)22/h2-7H,1H3. The van der Waals surface area contributed by atoms with Gasteiger partial charge in [0.2, 0.25) is 5.75 Å². The molecule has 24 heavy (non-hydrogen) atoms. The number of benzene rings is 2. The van der Waals surface area contributed by atoms with Gasteiger partial charge in [-0.15, -0.1) is 0 Å². The van der Waals surface area contributed by atoms with Crippen molar-refractivity contribution in [2.75, 3.05) is 7.11 Å². The minimum Gasteiger partial charge on any atom is -0.465 e. The molecule has 0 atom stereocenters. The van der Waals surface area contributed by atoms with Gasteiger partial charge in [0.05, 0.1) is 23.0 Å². The van der Waals surface area contributed by atoms with E-state index in [2.05, 4.69) is 4.74 Å². The van der Waals surface area contributed by atoms with Gasteiger partial charge in [-0.25, -0.2) is 9.18 Å². The Bertz CT molecular complexity index is 838. The zero-order chi connectivity index (χ0) is 17.9. The minimum atomic E-state index is -0.972. The molecule has 124 valence electrons. The molecular formula is C14H9FN2O7. The van der Waals surface area contributed by atoms with Crippen LogP contribution in [0.4, 0.5) is 15.8 Å². The van der Waals surface area contributed by atoms with Crippen molar-refractivity contribution in [3.8, 4) is 11.5 Å². The summed E-state index contributed by atoms with van der Waals surface area (Å²) in [5.41, 5.74) is -1.53. The Balaban J connectivity index is 2.46. The summed E-state index contributed by atoms with van der Waals surface area (Å²) in [7, 11) is 1.05. The van der Waals surface area contributed by atoms with Gasteiger partial charge in [0, 0.05) is 12.1 Å². The monoisotopic (exact) mass is 336 g/mol. The molecule has 0 unspecified atom stereocenters. The largest absolute Gasteiger partial charge is 0.465 e. The van der Waals surface area contributed by atoms with Crippen molar-refractivity contribution >= 4 is 17.3 Å². The highest BCUT2D eigenvalue weighted by Crippen LogP contribution is 2.33. The summed E-state index contributed by atoms with van der Waals surface area (Å²) < 4.78 is 22.8. The maximum atomic E-state index is 13.1. The van der Waals surface area contributed by atoms with Crippen LogP contribution in [0, 0.1) is 26.0 Å². The molecule has 0 amide bonds. The summed E-state index contributed by atoms with van der Waals surface area (Å²) >= 11 is 0. The molecule has 0 radical (unpaired) electrons. The first-order chi connectivity index (χ1) is 11.3. The van der Waals surface area contributed by atoms with Crippen molar-refractivity contribution in [1.82, 2.24) is 0 Å². The van der Waals surface area contributed by atoms with Crippen LogP contribution in [0.3, 0.4) is 0 Å². The van der Waals surface area contributed by atoms with Gasteiger partial charge in [-0.1, -0.05) is 0 Å². The van der Waals surface area contributed by atoms with Crippen LogP contribution in [-0.2, 0) is 4.74 Å². The Labute approximate surface area is 133 Å². The molecule has 0 aliphatic rings. The highest BCUT2D eigenvalue weighted by atomic mass is 19.1. The maximum Gasteiger partial charge on any atom is 0.345 e. The summed E-state index contributed by atoms with van der Waals surface area (Å²) in [5.74, 6) is -2.17. The molecule has 0 aliphatic heterocycles. The van der Waals surface area contributed by atoms with Crippen LogP contribution >= 0.6 is 0 Å². The van der Waals surface area contributed by atoms with Crippen molar-refractivity contribution in [1.29, 1.82) is 0 Å². The van der Waals surface area contributed by atoms with Crippen LogP contribution in [0.1, 0.15) is 10.4 Å². The first-order valence-electron chi connectivity index (χ1n) is 6.32. The van der Waals surface area contributed by atoms with E-state index < -0.39 is 33.0 Å². The molecule has 2 aromatic carbocycles. The first-order valence-corrected chi connectivity index (χ1v) is 6.32. The van der Waals surface area contributed by atoms with E-state index >= 15 is 0 Å². The molecule has 0 aromatic heterocycles. The van der Waals surface area contributed by atoms with Crippen molar-refractivity contribution in [3.63, 3.8) is 0 Å². The van der Waals surface area contributed by atoms with E-state index in [1.54, 1.807) is 0 Å². The Morgan fingerprint density at radius 2 is 1.71 bits per heavy atom. The van der Waals surface area contributed by atoms with E-state index in [9.17, 15) is 29.4 Å².